The first kappa shape index (κ1) is 24.7. The van der Waals surface area contributed by atoms with Crippen LogP contribution in [0.1, 0.15) is 5.56 Å². The predicted octanol–water partition coefficient (Wildman–Crippen LogP) is 3.29. The Morgan fingerprint density at radius 2 is 1.57 bits per heavy atom. The van der Waals surface area contributed by atoms with Crippen molar-refractivity contribution < 1.29 is 21.2 Å². The molecule has 14 heteroatoms. The summed E-state index contributed by atoms with van der Waals surface area (Å²) in [5.74, 6) is -0.695. The molecule has 5 N–H and O–H groups in total. The van der Waals surface area contributed by atoms with Crippen LogP contribution in [0, 0.1) is 5.82 Å². The molecule has 0 saturated heterocycles. The Kier molecular flexibility index (Phi) is 7.09. The Hall–Kier alpha value is -3.43. The molecule has 2 heterocycles. The van der Waals surface area contributed by atoms with E-state index in [4.69, 9.17) is 5.14 Å². The number of hydrogen-bond donors (Lipinski definition) is 4. The molecule has 0 aliphatic rings. The first-order chi connectivity index (χ1) is 16.6. The minimum absolute atomic E-state index is 0.0480. The van der Waals surface area contributed by atoms with Crippen molar-refractivity contribution in [1.82, 2.24) is 14.7 Å². The van der Waals surface area contributed by atoms with E-state index in [-0.39, 0.29) is 27.4 Å². The van der Waals surface area contributed by atoms with Crippen molar-refractivity contribution in [3.63, 3.8) is 0 Å². The van der Waals surface area contributed by atoms with E-state index in [1.807, 2.05) is 0 Å². The number of thiophene rings is 1. The number of primary sulfonamides is 1. The molecule has 0 fully saturated rings. The number of hydrogen-bond acceptors (Lipinski definition) is 9. The van der Waals surface area contributed by atoms with Crippen LogP contribution >= 0.6 is 11.3 Å². The number of nitrogens with two attached hydrogens (primary N) is 1. The highest BCUT2D eigenvalue weighted by Gasteiger charge is 2.14. The zero-order valence-electron chi connectivity index (χ0n) is 17.8. The smallest absolute Gasteiger partial charge is 0.250 e. The second-order valence-corrected chi connectivity index (χ2v) is 11.7. The van der Waals surface area contributed by atoms with E-state index >= 15 is 0 Å². The molecule has 0 saturated carbocycles. The van der Waals surface area contributed by atoms with E-state index in [1.54, 1.807) is 35.7 Å². The lowest BCUT2D eigenvalue weighted by Gasteiger charge is -2.11. The number of aromatic nitrogens is 2. The zero-order valence-corrected chi connectivity index (χ0v) is 20.3. The highest BCUT2D eigenvalue weighted by molar-refractivity contribution is 7.91. The third-order valence-electron chi connectivity index (χ3n) is 4.63. The van der Waals surface area contributed by atoms with E-state index < -0.39 is 25.9 Å². The minimum Gasteiger partial charge on any atom is -0.338 e. The molecular formula is C21H19FN6O4S3. The number of halogens is 1. The summed E-state index contributed by atoms with van der Waals surface area (Å²) >= 11 is 1.13. The van der Waals surface area contributed by atoms with Crippen molar-refractivity contribution in [2.45, 2.75) is 15.6 Å². The Balaban J connectivity index is 1.41. The maximum Gasteiger partial charge on any atom is 0.250 e. The van der Waals surface area contributed by atoms with Gasteiger partial charge in [0.1, 0.15) is 4.21 Å². The van der Waals surface area contributed by atoms with Gasteiger partial charge in [-0.2, -0.15) is 4.98 Å². The van der Waals surface area contributed by atoms with Gasteiger partial charge in [-0.1, -0.05) is 18.2 Å². The van der Waals surface area contributed by atoms with E-state index in [9.17, 15) is 21.2 Å². The maximum absolute atomic E-state index is 14.3. The highest BCUT2D eigenvalue weighted by atomic mass is 32.2. The first-order valence-electron chi connectivity index (χ1n) is 9.92. The van der Waals surface area contributed by atoms with Crippen LogP contribution in [0.2, 0.25) is 0 Å². The lowest BCUT2D eigenvalue weighted by atomic mass is 10.2. The molecule has 2 aromatic heterocycles. The van der Waals surface area contributed by atoms with E-state index in [1.165, 1.54) is 30.3 Å². The highest BCUT2D eigenvalue weighted by Crippen LogP contribution is 2.22. The molecule has 0 radical (unpaired) electrons. The van der Waals surface area contributed by atoms with E-state index in [2.05, 4.69) is 25.3 Å². The van der Waals surface area contributed by atoms with Gasteiger partial charge in [-0.15, -0.1) is 11.3 Å². The standard InChI is InChI=1S/C21H19FN6O4S3/c22-18-13-24-21(27-16-7-9-17(10-8-16)34(23,29)30)28-20(18)26-15-5-3-14(4-6-15)12-25-35(31,32)19-2-1-11-33-19/h1-11,13,25H,12H2,(H2,23,29,30)(H2,24,26,27,28). The molecule has 4 aromatic rings. The number of anilines is 4. The fourth-order valence-corrected chi connectivity index (χ4v) is 5.45. The summed E-state index contributed by atoms with van der Waals surface area (Å²) in [5, 5.41) is 12.5. The lowest BCUT2D eigenvalue weighted by Crippen LogP contribution is -2.22. The van der Waals surface area contributed by atoms with Crippen molar-refractivity contribution in [3.8, 4) is 0 Å². The summed E-state index contributed by atoms with van der Waals surface area (Å²) in [5.41, 5.74) is 1.71. The zero-order chi connectivity index (χ0) is 25.1. The van der Waals surface area contributed by atoms with Gasteiger partial charge >= 0.3 is 0 Å². The number of sulfonamides is 2. The van der Waals surface area contributed by atoms with Crippen LogP contribution < -0.4 is 20.5 Å². The molecule has 0 aliphatic carbocycles. The fraction of sp³-hybridized carbons (Fsp3) is 0.0476. The van der Waals surface area contributed by atoms with Gasteiger partial charge in [0, 0.05) is 17.9 Å². The molecule has 0 bridgehead atoms. The quantitative estimate of drug-likeness (QED) is 0.255. The van der Waals surface area contributed by atoms with Gasteiger partial charge in [-0.05, 0) is 53.4 Å². The number of nitrogens with zero attached hydrogens (tertiary/aromatic N) is 2. The van der Waals surface area contributed by atoms with Crippen LogP contribution in [0.5, 0.6) is 0 Å². The average molecular weight is 535 g/mol. The Morgan fingerprint density at radius 3 is 2.20 bits per heavy atom. The largest absolute Gasteiger partial charge is 0.338 e. The van der Waals surface area contributed by atoms with Crippen molar-refractivity contribution in [3.05, 3.63) is 83.6 Å². The molecule has 0 atom stereocenters. The van der Waals surface area contributed by atoms with Gasteiger partial charge in [0.25, 0.3) is 0 Å². The van der Waals surface area contributed by atoms with Crippen LogP contribution in [-0.4, -0.2) is 26.8 Å². The van der Waals surface area contributed by atoms with Gasteiger partial charge in [-0.3, -0.25) is 0 Å². The van der Waals surface area contributed by atoms with Gasteiger partial charge < -0.3 is 10.6 Å². The SMILES string of the molecule is NS(=O)(=O)c1ccc(Nc2ncc(F)c(Nc3ccc(CNS(=O)(=O)c4cccs4)cc3)n2)cc1. The summed E-state index contributed by atoms with van der Waals surface area (Å²) in [7, 11) is -7.39. The van der Waals surface area contributed by atoms with E-state index in [0.29, 0.717) is 16.9 Å². The van der Waals surface area contributed by atoms with Crippen molar-refractivity contribution in [2.75, 3.05) is 10.6 Å². The molecular weight excluding hydrogens is 515 g/mol. The van der Waals surface area contributed by atoms with Crippen LogP contribution in [-0.2, 0) is 26.6 Å². The lowest BCUT2D eigenvalue weighted by molar-refractivity contribution is 0.583. The van der Waals surface area contributed by atoms with Crippen molar-refractivity contribution in [2.24, 2.45) is 5.14 Å². The van der Waals surface area contributed by atoms with Gasteiger partial charge in [0.15, 0.2) is 11.6 Å². The number of benzene rings is 2. The molecule has 0 unspecified atom stereocenters. The second-order valence-electron chi connectivity index (χ2n) is 7.16. The van der Waals surface area contributed by atoms with Crippen LogP contribution in [0.3, 0.4) is 0 Å². The molecule has 0 amide bonds. The summed E-state index contributed by atoms with van der Waals surface area (Å²) in [4.78, 5) is 7.95. The molecule has 0 spiro atoms. The monoisotopic (exact) mass is 534 g/mol. The Bertz CT molecular complexity index is 1530. The molecule has 10 nitrogen and oxygen atoms in total. The third-order valence-corrected chi connectivity index (χ3v) is 8.35. The van der Waals surface area contributed by atoms with Crippen molar-refractivity contribution >= 4 is 54.5 Å². The average Bonchev–Trinajstić information content (AvgIpc) is 3.37. The van der Waals surface area contributed by atoms with Crippen molar-refractivity contribution in [1.29, 1.82) is 0 Å². The Morgan fingerprint density at radius 1 is 0.914 bits per heavy atom. The fourth-order valence-electron chi connectivity index (χ4n) is 2.88. The summed E-state index contributed by atoms with van der Waals surface area (Å²) in [6.45, 7) is 0.0979. The first-order valence-corrected chi connectivity index (χ1v) is 13.8. The molecule has 4 rings (SSSR count). The second kappa shape index (κ2) is 10.1. The molecule has 2 aromatic carbocycles. The van der Waals surface area contributed by atoms with Gasteiger partial charge in [0.05, 0.1) is 11.1 Å². The molecule has 0 aliphatic heterocycles. The Labute approximate surface area is 205 Å². The summed E-state index contributed by atoms with van der Waals surface area (Å²) < 4.78 is 64.2. The number of rotatable bonds is 9. The molecule has 35 heavy (non-hydrogen) atoms. The third kappa shape index (κ3) is 6.37. The van der Waals surface area contributed by atoms with Crippen LogP contribution in [0.4, 0.5) is 27.5 Å². The van der Waals surface area contributed by atoms with Gasteiger partial charge in [0.2, 0.25) is 26.0 Å². The summed E-state index contributed by atoms with van der Waals surface area (Å²) in [6, 6.07) is 15.5. The molecule has 182 valence electrons. The summed E-state index contributed by atoms with van der Waals surface area (Å²) in [6.07, 6.45) is 0.990. The maximum atomic E-state index is 14.3. The normalized spacial score (nSPS) is 11.8. The topological polar surface area (TPSA) is 156 Å². The minimum atomic E-state index is -3.82. The predicted molar refractivity (Wildman–Crippen MR) is 131 cm³/mol. The van der Waals surface area contributed by atoms with E-state index in [0.717, 1.165) is 17.5 Å². The number of nitrogens with one attached hydrogen (secondary N) is 3. The van der Waals surface area contributed by atoms with Crippen LogP contribution in [0.15, 0.2) is 81.3 Å². The van der Waals surface area contributed by atoms with Crippen LogP contribution in [0.25, 0.3) is 0 Å². The van der Waals surface area contributed by atoms with Gasteiger partial charge in [-0.25, -0.2) is 36.1 Å².